The Kier molecular flexibility index (Phi) is 6.99. The average molecular weight is 475 g/mol. The molecule has 0 bridgehead atoms. The first-order valence-electron chi connectivity index (χ1n) is 10.5. The van der Waals surface area contributed by atoms with Gasteiger partial charge < -0.3 is 19.5 Å². The quantitative estimate of drug-likeness (QED) is 0.230. The minimum Gasteiger partial charge on any atom is -0.493 e. The summed E-state index contributed by atoms with van der Waals surface area (Å²) < 4.78 is 16.0. The Morgan fingerprint density at radius 2 is 1.71 bits per heavy atom. The Bertz CT molecular complexity index is 1360. The fourth-order valence-corrected chi connectivity index (χ4v) is 3.76. The van der Waals surface area contributed by atoms with Crippen molar-refractivity contribution in [1.29, 1.82) is 0 Å². The van der Waals surface area contributed by atoms with E-state index in [-0.39, 0.29) is 5.78 Å². The fourth-order valence-electron chi connectivity index (χ4n) is 3.60. The van der Waals surface area contributed by atoms with E-state index in [1.807, 2.05) is 48.5 Å². The van der Waals surface area contributed by atoms with Gasteiger partial charge in [0.05, 0.1) is 26.8 Å². The number of ketones is 1. The number of allylic oxidation sites excluding steroid dienone is 1. The summed E-state index contributed by atoms with van der Waals surface area (Å²) >= 11 is 6.09. The molecular weight excluding hydrogens is 452 g/mol. The number of hydrogen-bond acceptors (Lipinski definition) is 6. The molecule has 0 spiro atoms. The standard InChI is InChI=1S/C27H23ClN2O4/c1-32-25-14-18(15-26(33-2)27(25)34-3)24(31)10-7-17-5-4-6-20(13-17)30-22-11-12-29-23-16-19(28)8-9-21(22)23/h4-16H,1-3H3,(H,29,30)/b10-7+. The van der Waals surface area contributed by atoms with Gasteiger partial charge in [0.15, 0.2) is 17.3 Å². The van der Waals surface area contributed by atoms with E-state index in [9.17, 15) is 4.79 Å². The number of carbonyl (C=O) groups excluding carboxylic acids is 1. The topological polar surface area (TPSA) is 69.7 Å². The highest BCUT2D eigenvalue weighted by Gasteiger charge is 2.15. The lowest BCUT2D eigenvalue weighted by molar-refractivity contribution is 0.104. The van der Waals surface area contributed by atoms with Gasteiger partial charge in [-0.15, -0.1) is 0 Å². The number of anilines is 2. The molecule has 0 unspecified atom stereocenters. The van der Waals surface area contributed by atoms with Crippen molar-refractivity contribution in [3.8, 4) is 17.2 Å². The van der Waals surface area contributed by atoms with E-state index < -0.39 is 0 Å². The van der Waals surface area contributed by atoms with Crippen LogP contribution in [0.2, 0.25) is 5.02 Å². The summed E-state index contributed by atoms with van der Waals surface area (Å²) in [5, 5.41) is 5.02. The van der Waals surface area contributed by atoms with Crippen LogP contribution in [0.4, 0.5) is 11.4 Å². The van der Waals surface area contributed by atoms with Crippen LogP contribution >= 0.6 is 11.6 Å². The molecular formula is C27H23ClN2O4. The molecule has 7 heteroatoms. The molecule has 4 rings (SSSR count). The molecule has 1 N–H and O–H groups in total. The zero-order valence-corrected chi connectivity index (χ0v) is 19.7. The molecule has 6 nitrogen and oxygen atoms in total. The maximum atomic E-state index is 12.8. The predicted molar refractivity (Wildman–Crippen MR) is 136 cm³/mol. The van der Waals surface area contributed by atoms with Gasteiger partial charge in [-0.1, -0.05) is 29.8 Å². The molecule has 1 heterocycles. The Morgan fingerprint density at radius 1 is 0.941 bits per heavy atom. The van der Waals surface area contributed by atoms with E-state index in [0.717, 1.165) is 27.8 Å². The van der Waals surface area contributed by atoms with Crippen LogP contribution in [-0.2, 0) is 0 Å². The summed E-state index contributed by atoms with van der Waals surface area (Å²) in [5.74, 6) is 1.11. The van der Waals surface area contributed by atoms with Crippen LogP contribution in [-0.4, -0.2) is 32.1 Å². The summed E-state index contributed by atoms with van der Waals surface area (Å²) in [4.78, 5) is 17.2. The smallest absolute Gasteiger partial charge is 0.203 e. The van der Waals surface area contributed by atoms with Gasteiger partial charge in [0.2, 0.25) is 5.75 Å². The van der Waals surface area contributed by atoms with E-state index >= 15 is 0 Å². The third-order valence-electron chi connectivity index (χ3n) is 5.25. The van der Waals surface area contributed by atoms with Crippen LogP contribution in [0.25, 0.3) is 17.0 Å². The molecule has 0 amide bonds. The van der Waals surface area contributed by atoms with E-state index in [0.29, 0.717) is 27.8 Å². The summed E-state index contributed by atoms with van der Waals surface area (Å²) in [6.45, 7) is 0. The van der Waals surface area contributed by atoms with Crippen LogP contribution in [0.5, 0.6) is 17.2 Å². The predicted octanol–water partition coefficient (Wildman–Crippen LogP) is 6.55. The number of benzene rings is 3. The normalized spacial score (nSPS) is 10.9. The third kappa shape index (κ3) is 4.97. The van der Waals surface area contributed by atoms with E-state index in [1.54, 1.807) is 24.4 Å². The first-order valence-corrected chi connectivity index (χ1v) is 10.8. The van der Waals surface area contributed by atoms with Gasteiger partial charge >= 0.3 is 0 Å². The number of aromatic nitrogens is 1. The number of nitrogens with zero attached hydrogens (tertiary/aromatic N) is 1. The van der Waals surface area contributed by atoms with Crippen LogP contribution in [0, 0.1) is 0 Å². The number of fused-ring (bicyclic) bond motifs is 1. The van der Waals surface area contributed by atoms with Gasteiger partial charge in [-0.2, -0.15) is 0 Å². The van der Waals surface area contributed by atoms with Crippen molar-refractivity contribution in [3.05, 3.63) is 89.1 Å². The zero-order valence-electron chi connectivity index (χ0n) is 19.0. The summed E-state index contributed by atoms with van der Waals surface area (Å²) in [6, 6.07) is 18.5. The number of ether oxygens (including phenoxy) is 3. The number of rotatable bonds is 8. The van der Waals surface area contributed by atoms with Gasteiger partial charge in [0, 0.05) is 33.5 Å². The maximum absolute atomic E-state index is 12.8. The van der Waals surface area contributed by atoms with Gasteiger partial charge in [0.25, 0.3) is 0 Å². The molecule has 0 saturated heterocycles. The lowest BCUT2D eigenvalue weighted by Gasteiger charge is -2.13. The molecule has 0 aliphatic heterocycles. The zero-order chi connectivity index (χ0) is 24.1. The fraction of sp³-hybridized carbons (Fsp3) is 0.111. The number of nitrogens with one attached hydrogen (secondary N) is 1. The molecule has 0 aliphatic carbocycles. The van der Waals surface area contributed by atoms with Crippen molar-refractivity contribution >= 4 is 45.7 Å². The van der Waals surface area contributed by atoms with Crippen molar-refractivity contribution in [2.75, 3.05) is 26.6 Å². The van der Waals surface area contributed by atoms with Crippen molar-refractivity contribution in [2.45, 2.75) is 0 Å². The number of hydrogen-bond donors (Lipinski definition) is 1. The molecule has 0 aliphatic rings. The lowest BCUT2D eigenvalue weighted by atomic mass is 10.1. The SMILES string of the molecule is COc1cc(C(=O)/C=C/c2cccc(Nc3ccnc4cc(Cl)ccc34)c2)cc(OC)c1OC. The summed E-state index contributed by atoms with van der Waals surface area (Å²) in [7, 11) is 4.55. The van der Waals surface area contributed by atoms with Crippen LogP contribution in [0.3, 0.4) is 0 Å². The second-order valence-corrected chi connectivity index (χ2v) is 7.82. The molecule has 0 atom stereocenters. The largest absolute Gasteiger partial charge is 0.493 e. The minimum absolute atomic E-state index is 0.186. The Labute approximate surface area is 202 Å². The Balaban J connectivity index is 1.56. The molecule has 3 aromatic carbocycles. The molecule has 0 saturated carbocycles. The van der Waals surface area contributed by atoms with Gasteiger partial charge in [0.1, 0.15) is 0 Å². The van der Waals surface area contributed by atoms with E-state index in [4.69, 9.17) is 25.8 Å². The van der Waals surface area contributed by atoms with Crippen LogP contribution in [0.15, 0.2) is 72.9 Å². The second kappa shape index (κ2) is 10.3. The number of halogens is 1. The number of carbonyl (C=O) groups is 1. The Hall–Kier alpha value is -4.03. The van der Waals surface area contributed by atoms with Crippen molar-refractivity contribution in [3.63, 3.8) is 0 Å². The highest BCUT2D eigenvalue weighted by atomic mass is 35.5. The molecule has 4 aromatic rings. The lowest BCUT2D eigenvalue weighted by Crippen LogP contribution is -2.00. The molecule has 0 fully saturated rings. The Morgan fingerprint density at radius 3 is 2.41 bits per heavy atom. The van der Waals surface area contributed by atoms with Gasteiger partial charge in [-0.05, 0) is 60.2 Å². The van der Waals surface area contributed by atoms with Gasteiger partial charge in [-0.3, -0.25) is 9.78 Å². The molecule has 34 heavy (non-hydrogen) atoms. The average Bonchev–Trinajstić information content (AvgIpc) is 2.86. The second-order valence-electron chi connectivity index (χ2n) is 7.38. The van der Waals surface area contributed by atoms with Gasteiger partial charge in [-0.25, -0.2) is 0 Å². The highest BCUT2D eigenvalue weighted by molar-refractivity contribution is 6.31. The number of pyridine rings is 1. The van der Waals surface area contributed by atoms with Crippen molar-refractivity contribution < 1.29 is 19.0 Å². The molecule has 172 valence electrons. The monoisotopic (exact) mass is 474 g/mol. The summed E-state index contributed by atoms with van der Waals surface area (Å²) in [6.07, 6.45) is 5.02. The first-order chi connectivity index (χ1) is 16.5. The first kappa shape index (κ1) is 23.1. The highest BCUT2D eigenvalue weighted by Crippen LogP contribution is 2.38. The van der Waals surface area contributed by atoms with E-state index in [2.05, 4.69) is 10.3 Å². The maximum Gasteiger partial charge on any atom is 0.203 e. The van der Waals surface area contributed by atoms with E-state index in [1.165, 1.54) is 27.4 Å². The van der Waals surface area contributed by atoms with Crippen LogP contribution < -0.4 is 19.5 Å². The van der Waals surface area contributed by atoms with Crippen molar-refractivity contribution in [2.24, 2.45) is 0 Å². The third-order valence-corrected chi connectivity index (χ3v) is 5.48. The molecule has 1 aromatic heterocycles. The van der Waals surface area contributed by atoms with Crippen molar-refractivity contribution in [1.82, 2.24) is 4.98 Å². The number of methoxy groups -OCH3 is 3. The summed E-state index contributed by atoms with van der Waals surface area (Å²) in [5.41, 5.74) is 3.90. The van der Waals surface area contributed by atoms with Crippen LogP contribution in [0.1, 0.15) is 15.9 Å². The molecule has 0 radical (unpaired) electrons. The minimum atomic E-state index is -0.186.